The van der Waals surface area contributed by atoms with E-state index in [0.29, 0.717) is 11.3 Å². The zero-order valence-electron chi connectivity index (χ0n) is 18.1. The number of hydrazone groups is 1. The highest BCUT2D eigenvalue weighted by atomic mass is 35.5. The van der Waals surface area contributed by atoms with Crippen molar-refractivity contribution in [2.24, 2.45) is 5.10 Å². The van der Waals surface area contributed by atoms with Crippen molar-refractivity contribution in [2.45, 2.75) is 6.04 Å². The first-order valence-electron chi connectivity index (χ1n) is 10.2. The fourth-order valence-corrected chi connectivity index (χ4v) is 4.04. The third-order valence-corrected chi connectivity index (χ3v) is 6.22. The summed E-state index contributed by atoms with van der Waals surface area (Å²) in [6.07, 6.45) is 1.34. The van der Waals surface area contributed by atoms with E-state index in [1.54, 1.807) is 42.5 Å². The van der Waals surface area contributed by atoms with Crippen LogP contribution >= 0.6 is 34.8 Å². The average Bonchev–Trinajstić information content (AvgIpc) is 2.86. The van der Waals surface area contributed by atoms with Crippen LogP contribution < -0.4 is 10.3 Å². The van der Waals surface area contributed by atoms with Crippen molar-refractivity contribution in [3.8, 4) is 0 Å². The number of anilines is 2. The molecule has 1 amide bonds. The molecule has 0 fully saturated rings. The largest absolute Gasteiger partial charge is 0.506 e. The van der Waals surface area contributed by atoms with Crippen molar-refractivity contribution in [3.63, 3.8) is 0 Å². The Kier molecular flexibility index (Phi) is 7.25. The summed E-state index contributed by atoms with van der Waals surface area (Å²) in [5.74, 6) is -3.04. The molecule has 0 aliphatic carbocycles. The molecule has 0 saturated carbocycles. The molecule has 3 aromatic rings. The maximum Gasteiger partial charge on any atom is 0.298 e. The van der Waals surface area contributed by atoms with Gasteiger partial charge in [0.1, 0.15) is 11.4 Å². The predicted molar refractivity (Wildman–Crippen MR) is 138 cm³/mol. The number of allylic oxidation sites excluding steroid dienone is 1. The highest BCUT2D eigenvalue weighted by molar-refractivity contribution is 6.69. The van der Waals surface area contributed by atoms with Crippen LogP contribution in [-0.2, 0) is 9.59 Å². The number of nitro groups is 1. The van der Waals surface area contributed by atoms with E-state index in [1.165, 1.54) is 23.2 Å². The zero-order chi connectivity index (χ0) is 26.0. The van der Waals surface area contributed by atoms with Gasteiger partial charge in [0.25, 0.3) is 17.4 Å². The molecule has 0 aromatic heterocycles. The number of hydrogen-bond acceptors (Lipinski definition) is 7. The van der Waals surface area contributed by atoms with Crippen molar-refractivity contribution < 1.29 is 19.6 Å². The minimum atomic E-state index is -1.26. The second-order valence-electron chi connectivity index (χ2n) is 7.48. The molecule has 0 spiro atoms. The number of nitrogens with one attached hydrogen (secondary N) is 1. The Morgan fingerprint density at radius 3 is 2.44 bits per heavy atom. The number of aliphatic hydroxyl groups excluding tert-OH is 1. The number of carbonyl (C=O) groups excluding carboxylic acids is 2. The zero-order valence-corrected chi connectivity index (χ0v) is 20.3. The molecule has 1 heterocycles. The van der Waals surface area contributed by atoms with Gasteiger partial charge < -0.3 is 10.4 Å². The molecule has 1 atom stereocenters. The van der Waals surface area contributed by atoms with E-state index < -0.39 is 39.8 Å². The lowest BCUT2D eigenvalue weighted by atomic mass is 10.0. The first kappa shape index (κ1) is 25.2. The van der Waals surface area contributed by atoms with E-state index >= 15 is 0 Å². The molecule has 2 N–H and O–H groups in total. The molecular formula is C24H15Cl3N4O5. The number of ketones is 1. The Labute approximate surface area is 219 Å². The smallest absolute Gasteiger partial charge is 0.298 e. The van der Waals surface area contributed by atoms with Crippen molar-refractivity contribution in [3.05, 3.63) is 109 Å². The molecule has 1 unspecified atom stereocenters. The van der Waals surface area contributed by atoms with Gasteiger partial charge in [-0.2, -0.15) is 5.10 Å². The number of carbonyl (C=O) groups is 2. The second kappa shape index (κ2) is 10.4. The Balaban J connectivity index is 1.73. The van der Waals surface area contributed by atoms with Crippen LogP contribution in [0.1, 0.15) is 11.6 Å². The summed E-state index contributed by atoms with van der Waals surface area (Å²) in [5, 5.41) is 30.2. The lowest BCUT2D eigenvalue weighted by Crippen LogP contribution is -2.37. The third kappa shape index (κ3) is 5.03. The second-order valence-corrected chi connectivity index (χ2v) is 8.70. The SMILES string of the molecule is O=C(Nc1ccc(Cl)cc1[N+](=O)[O-])C(=O)C1=NN(c2cccc(Cl)c2Cl)C(c2ccccc2)C=C1O. The van der Waals surface area contributed by atoms with Gasteiger partial charge in [-0.1, -0.05) is 71.2 Å². The van der Waals surface area contributed by atoms with Crippen LogP contribution in [0.4, 0.5) is 17.1 Å². The van der Waals surface area contributed by atoms with Crippen LogP contribution in [0.5, 0.6) is 0 Å². The normalized spacial score (nSPS) is 15.1. The molecule has 0 saturated heterocycles. The number of hydrogen-bond donors (Lipinski definition) is 2. The van der Waals surface area contributed by atoms with Gasteiger partial charge in [0, 0.05) is 11.1 Å². The van der Waals surface area contributed by atoms with Gasteiger partial charge in [0.05, 0.1) is 26.7 Å². The number of aliphatic hydroxyl groups is 1. The first-order chi connectivity index (χ1) is 17.2. The Morgan fingerprint density at radius 1 is 1.03 bits per heavy atom. The minimum Gasteiger partial charge on any atom is -0.506 e. The van der Waals surface area contributed by atoms with Crippen molar-refractivity contribution in [1.82, 2.24) is 0 Å². The number of halogens is 3. The fraction of sp³-hybridized carbons (Fsp3) is 0.0417. The fourth-order valence-electron chi connectivity index (χ4n) is 3.49. The van der Waals surface area contributed by atoms with Gasteiger partial charge in [-0.05, 0) is 35.9 Å². The van der Waals surface area contributed by atoms with Gasteiger partial charge in [-0.3, -0.25) is 24.7 Å². The maximum atomic E-state index is 13.0. The molecule has 0 bridgehead atoms. The van der Waals surface area contributed by atoms with E-state index in [1.807, 2.05) is 6.07 Å². The van der Waals surface area contributed by atoms with Gasteiger partial charge in [0.15, 0.2) is 5.71 Å². The number of nitrogens with zero attached hydrogens (tertiary/aromatic N) is 3. The summed E-state index contributed by atoms with van der Waals surface area (Å²) in [5.41, 5.74) is -0.324. The van der Waals surface area contributed by atoms with Gasteiger partial charge in [-0.25, -0.2) is 0 Å². The summed E-state index contributed by atoms with van der Waals surface area (Å²) < 4.78 is 0. The molecule has 36 heavy (non-hydrogen) atoms. The third-order valence-electron chi connectivity index (χ3n) is 5.17. The van der Waals surface area contributed by atoms with E-state index in [-0.39, 0.29) is 20.8 Å². The monoisotopic (exact) mass is 544 g/mol. The van der Waals surface area contributed by atoms with E-state index in [0.717, 1.165) is 6.07 Å². The van der Waals surface area contributed by atoms with Gasteiger partial charge >= 0.3 is 0 Å². The van der Waals surface area contributed by atoms with Crippen LogP contribution in [0.3, 0.4) is 0 Å². The summed E-state index contributed by atoms with van der Waals surface area (Å²) >= 11 is 18.4. The van der Waals surface area contributed by atoms with Gasteiger partial charge in [0.2, 0.25) is 0 Å². The lowest BCUT2D eigenvalue weighted by Gasteiger charge is -2.32. The highest BCUT2D eigenvalue weighted by Crippen LogP contribution is 2.39. The molecule has 4 rings (SSSR count). The topological polar surface area (TPSA) is 125 Å². The quantitative estimate of drug-likeness (QED) is 0.218. The molecule has 12 heteroatoms. The number of rotatable bonds is 6. The maximum absolute atomic E-state index is 13.0. The van der Waals surface area contributed by atoms with E-state index in [9.17, 15) is 24.8 Å². The van der Waals surface area contributed by atoms with Gasteiger partial charge in [-0.15, -0.1) is 0 Å². The molecule has 1 aliphatic rings. The molecule has 9 nitrogen and oxygen atoms in total. The summed E-state index contributed by atoms with van der Waals surface area (Å²) in [6.45, 7) is 0. The summed E-state index contributed by atoms with van der Waals surface area (Å²) in [4.78, 5) is 36.3. The molecule has 3 aromatic carbocycles. The van der Waals surface area contributed by atoms with Crippen molar-refractivity contribution >= 4 is 69.3 Å². The molecule has 0 radical (unpaired) electrons. The van der Waals surface area contributed by atoms with E-state index in [2.05, 4.69) is 10.4 Å². The summed E-state index contributed by atoms with van der Waals surface area (Å²) in [7, 11) is 0. The number of nitro benzene ring substituents is 1. The van der Waals surface area contributed by atoms with Crippen molar-refractivity contribution in [2.75, 3.05) is 10.3 Å². The van der Waals surface area contributed by atoms with Crippen LogP contribution in [0.25, 0.3) is 0 Å². The number of Topliss-reactive ketones (excluding diaryl/α,β-unsaturated/α-hetero) is 1. The standard InChI is InChI=1S/C24H15Cl3N4O5/c25-14-9-10-16(19(11-14)31(35)36)28-24(34)23(33)22-20(32)12-18(13-5-2-1-3-6-13)30(29-22)17-8-4-7-15(26)21(17)27/h1-12,18,32H,(H,28,34). The van der Waals surface area contributed by atoms with Crippen LogP contribution in [0.15, 0.2) is 83.7 Å². The van der Waals surface area contributed by atoms with Crippen LogP contribution in [0, 0.1) is 10.1 Å². The Hall–Kier alpha value is -3.92. The lowest BCUT2D eigenvalue weighted by molar-refractivity contribution is -0.383. The summed E-state index contributed by atoms with van der Waals surface area (Å²) in [6, 6.07) is 16.6. The van der Waals surface area contributed by atoms with E-state index in [4.69, 9.17) is 34.8 Å². The van der Waals surface area contributed by atoms with Crippen LogP contribution in [0.2, 0.25) is 15.1 Å². The first-order valence-corrected chi connectivity index (χ1v) is 11.4. The molecule has 1 aliphatic heterocycles. The number of amides is 1. The Morgan fingerprint density at radius 2 is 1.75 bits per heavy atom. The molecule has 182 valence electrons. The average molecular weight is 546 g/mol. The minimum absolute atomic E-state index is 0.0734. The Bertz CT molecular complexity index is 1440. The highest BCUT2D eigenvalue weighted by Gasteiger charge is 2.34. The predicted octanol–water partition coefficient (Wildman–Crippen LogP) is 6.12. The van der Waals surface area contributed by atoms with Crippen molar-refractivity contribution in [1.29, 1.82) is 0 Å². The van der Waals surface area contributed by atoms with Crippen LogP contribution in [-0.4, -0.2) is 27.4 Å². The molecular weight excluding hydrogens is 531 g/mol. The number of benzene rings is 3.